The van der Waals surface area contributed by atoms with Gasteiger partial charge in [0.15, 0.2) is 0 Å². The molecule has 10 heteroatoms. The molecule has 0 saturated carbocycles. The molecular formula is C15H21N5O4S. The van der Waals surface area contributed by atoms with Crippen molar-refractivity contribution in [1.29, 1.82) is 0 Å². The molecule has 0 spiro atoms. The van der Waals surface area contributed by atoms with Crippen molar-refractivity contribution in [2.24, 2.45) is 0 Å². The largest absolute Gasteiger partial charge is 0.316 e. The van der Waals surface area contributed by atoms with E-state index in [0.29, 0.717) is 11.0 Å². The fraction of sp³-hybridized carbons (Fsp3) is 0.467. The zero-order valence-electron chi connectivity index (χ0n) is 13.9. The number of aromatic amines is 1. The van der Waals surface area contributed by atoms with Gasteiger partial charge in [-0.3, -0.25) is 20.4 Å². The normalized spacial score (nSPS) is 24.0. The second-order valence-electron chi connectivity index (χ2n) is 6.20. The van der Waals surface area contributed by atoms with Gasteiger partial charge in [0.2, 0.25) is 10.0 Å². The van der Waals surface area contributed by atoms with E-state index in [0.717, 1.165) is 0 Å². The third-order valence-electron chi connectivity index (χ3n) is 4.40. The van der Waals surface area contributed by atoms with Gasteiger partial charge in [0.1, 0.15) is 5.25 Å². The van der Waals surface area contributed by atoms with Gasteiger partial charge >= 0.3 is 11.1 Å². The highest BCUT2D eigenvalue weighted by Crippen LogP contribution is 2.14. The van der Waals surface area contributed by atoms with Crippen molar-refractivity contribution in [2.75, 3.05) is 6.54 Å². The molecule has 2 unspecified atom stereocenters. The zero-order valence-corrected chi connectivity index (χ0v) is 14.8. The molecule has 4 N–H and O–H groups in total. The summed E-state index contributed by atoms with van der Waals surface area (Å²) in [6.45, 7) is 3.66. The van der Waals surface area contributed by atoms with Gasteiger partial charge in [0, 0.05) is 25.2 Å². The summed E-state index contributed by atoms with van der Waals surface area (Å²) < 4.78 is 28.9. The van der Waals surface area contributed by atoms with Gasteiger partial charge in [-0.05, 0) is 26.0 Å². The second kappa shape index (κ2) is 6.71. The molecule has 136 valence electrons. The first-order chi connectivity index (χ1) is 11.8. The number of sulfonamides is 1. The van der Waals surface area contributed by atoms with E-state index in [9.17, 15) is 18.0 Å². The molecule has 3 rings (SSSR count). The van der Waals surface area contributed by atoms with Gasteiger partial charge in [0.05, 0.1) is 11.0 Å². The van der Waals surface area contributed by atoms with Crippen LogP contribution in [0.1, 0.15) is 13.8 Å². The third-order valence-corrected chi connectivity index (χ3v) is 6.54. The van der Waals surface area contributed by atoms with Gasteiger partial charge < -0.3 is 9.55 Å². The maximum Gasteiger partial charge on any atom is 0.316 e. The second-order valence-corrected chi connectivity index (χ2v) is 8.12. The summed E-state index contributed by atoms with van der Waals surface area (Å²) in [6, 6.07) is 6.41. The molecule has 1 aliphatic rings. The van der Waals surface area contributed by atoms with Crippen LogP contribution in [0.2, 0.25) is 0 Å². The van der Waals surface area contributed by atoms with Crippen molar-refractivity contribution in [3.63, 3.8) is 0 Å². The predicted octanol–water partition coefficient (Wildman–Crippen LogP) is -1.14. The van der Waals surface area contributed by atoms with Crippen molar-refractivity contribution in [3.8, 4) is 0 Å². The molecule has 1 aromatic heterocycles. The smallest absolute Gasteiger partial charge is 0.316 e. The van der Waals surface area contributed by atoms with E-state index >= 15 is 0 Å². The Hall–Kier alpha value is -2.01. The lowest BCUT2D eigenvalue weighted by atomic mass is 10.2. The van der Waals surface area contributed by atoms with Gasteiger partial charge in [-0.25, -0.2) is 13.1 Å². The summed E-state index contributed by atoms with van der Waals surface area (Å²) >= 11 is 0. The molecule has 1 saturated heterocycles. The van der Waals surface area contributed by atoms with E-state index < -0.39 is 26.4 Å². The van der Waals surface area contributed by atoms with E-state index in [4.69, 9.17) is 0 Å². The fourth-order valence-electron chi connectivity index (χ4n) is 3.24. The maximum absolute atomic E-state index is 12.5. The number of hydrazine groups is 1. The van der Waals surface area contributed by atoms with Crippen LogP contribution in [-0.4, -0.2) is 41.8 Å². The monoisotopic (exact) mass is 367 g/mol. The molecule has 1 fully saturated rings. The lowest BCUT2D eigenvalue weighted by Gasteiger charge is -2.19. The first-order valence-corrected chi connectivity index (χ1v) is 9.57. The van der Waals surface area contributed by atoms with E-state index in [2.05, 4.69) is 20.6 Å². The molecule has 2 atom stereocenters. The first kappa shape index (κ1) is 17.8. The highest BCUT2D eigenvalue weighted by atomic mass is 32.2. The van der Waals surface area contributed by atoms with Crippen LogP contribution in [0.5, 0.6) is 0 Å². The number of nitrogens with zero attached hydrogens (tertiary/aromatic N) is 1. The van der Waals surface area contributed by atoms with Gasteiger partial charge in [-0.15, -0.1) is 0 Å². The quantitative estimate of drug-likeness (QED) is 0.495. The summed E-state index contributed by atoms with van der Waals surface area (Å²) in [5.74, 6) is 0. The molecular weight excluding hydrogens is 346 g/mol. The Morgan fingerprint density at radius 3 is 2.44 bits per heavy atom. The zero-order chi connectivity index (χ0) is 18.2. The Labute approximate surface area is 144 Å². The van der Waals surface area contributed by atoms with Crippen LogP contribution in [0, 0.1) is 0 Å². The van der Waals surface area contributed by atoms with E-state index in [-0.39, 0.29) is 25.2 Å². The lowest BCUT2D eigenvalue weighted by Crippen LogP contribution is -2.46. The van der Waals surface area contributed by atoms with Crippen LogP contribution in [-0.2, 0) is 16.6 Å². The van der Waals surface area contributed by atoms with Crippen molar-refractivity contribution in [3.05, 3.63) is 45.0 Å². The molecule has 0 amide bonds. The Balaban J connectivity index is 1.81. The topological polar surface area (TPSA) is 125 Å². The van der Waals surface area contributed by atoms with E-state index in [1.54, 1.807) is 38.1 Å². The van der Waals surface area contributed by atoms with Crippen LogP contribution >= 0.6 is 0 Å². The van der Waals surface area contributed by atoms with Crippen LogP contribution in [0.3, 0.4) is 0 Å². The van der Waals surface area contributed by atoms with Crippen LogP contribution in [0.25, 0.3) is 11.0 Å². The number of nitrogens with one attached hydrogen (secondary N) is 4. The summed E-state index contributed by atoms with van der Waals surface area (Å²) in [4.78, 5) is 26.4. The Bertz CT molecular complexity index is 987. The molecule has 2 aromatic rings. The van der Waals surface area contributed by atoms with E-state index in [1.807, 2.05) is 0 Å². The fourth-order valence-corrected chi connectivity index (χ4v) is 5.02. The Kier molecular flexibility index (Phi) is 4.78. The molecule has 0 radical (unpaired) electrons. The molecule has 9 nitrogen and oxygen atoms in total. The number of H-pyrrole nitrogens is 1. The minimum absolute atomic E-state index is 0.0195. The van der Waals surface area contributed by atoms with Gasteiger partial charge in [0.25, 0.3) is 0 Å². The van der Waals surface area contributed by atoms with Crippen molar-refractivity contribution in [1.82, 2.24) is 25.1 Å². The number of rotatable bonds is 5. The molecule has 0 bridgehead atoms. The molecule has 1 aliphatic heterocycles. The summed E-state index contributed by atoms with van der Waals surface area (Å²) in [5.41, 5.74) is 5.46. The SMILES string of the molecule is CC1NNC(C)C1S(=O)(=O)NCCn1c(=O)c(=O)[nH]c2ccccc21. The minimum Gasteiger partial charge on any atom is -0.316 e. The minimum atomic E-state index is -3.58. The highest BCUT2D eigenvalue weighted by Gasteiger charge is 2.39. The van der Waals surface area contributed by atoms with Crippen molar-refractivity contribution in [2.45, 2.75) is 37.7 Å². The number of hydrogen-bond donors (Lipinski definition) is 4. The molecule has 0 aliphatic carbocycles. The predicted molar refractivity (Wildman–Crippen MR) is 94.7 cm³/mol. The average molecular weight is 367 g/mol. The summed E-state index contributed by atoms with van der Waals surface area (Å²) in [5, 5.41) is -0.625. The van der Waals surface area contributed by atoms with E-state index in [1.165, 1.54) is 4.57 Å². The van der Waals surface area contributed by atoms with Crippen LogP contribution < -0.4 is 26.7 Å². The summed E-state index contributed by atoms with van der Waals surface area (Å²) in [7, 11) is -3.58. The highest BCUT2D eigenvalue weighted by molar-refractivity contribution is 7.90. The van der Waals surface area contributed by atoms with Gasteiger partial charge in [-0.2, -0.15) is 0 Å². The van der Waals surface area contributed by atoms with Crippen LogP contribution in [0.4, 0.5) is 0 Å². The number of para-hydroxylation sites is 2. The molecule has 25 heavy (non-hydrogen) atoms. The Morgan fingerprint density at radius 1 is 1.12 bits per heavy atom. The number of benzene rings is 1. The first-order valence-electron chi connectivity index (χ1n) is 8.02. The van der Waals surface area contributed by atoms with Crippen LogP contribution in [0.15, 0.2) is 33.9 Å². The molecule has 2 heterocycles. The molecule has 1 aromatic carbocycles. The third kappa shape index (κ3) is 3.38. The number of hydrogen-bond acceptors (Lipinski definition) is 6. The Morgan fingerprint density at radius 2 is 1.76 bits per heavy atom. The van der Waals surface area contributed by atoms with Crippen molar-refractivity contribution >= 4 is 21.1 Å². The standard InChI is InChI=1S/C15H21N5O4S/c1-9-13(10(2)19-18-9)25(23,24)16-7-8-20-12-6-4-3-5-11(12)17-14(21)15(20)22/h3-6,9-10,13,16,18-19H,7-8H2,1-2H3,(H,17,21). The lowest BCUT2D eigenvalue weighted by molar-refractivity contribution is 0.538. The maximum atomic E-state index is 12.5. The average Bonchev–Trinajstić information content (AvgIpc) is 2.90. The summed E-state index contributed by atoms with van der Waals surface area (Å²) in [6.07, 6.45) is 0. The number of fused-ring (bicyclic) bond motifs is 1. The number of aromatic nitrogens is 2. The van der Waals surface area contributed by atoms with Crippen molar-refractivity contribution < 1.29 is 8.42 Å². The van der Waals surface area contributed by atoms with Gasteiger partial charge in [-0.1, -0.05) is 12.1 Å².